The topological polar surface area (TPSA) is 44.8 Å². The summed E-state index contributed by atoms with van der Waals surface area (Å²) in [6.07, 6.45) is 1.12. The highest BCUT2D eigenvalue weighted by Gasteiger charge is 2.24. The van der Waals surface area contributed by atoms with E-state index in [2.05, 4.69) is 28.6 Å². The van der Waals surface area contributed by atoms with Crippen molar-refractivity contribution in [1.29, 1.82) is 0 Å². The van der Waals surface area contributed by atoms with Gasteiger partial charge in [0.25, 0.3) is 0 Å². The lowest BCUT2D eigenvalue weighted by atomic mass is 10.2. The van der Waals surface area contributed by atoms with Gasteiger partial charge in [0.1, 0.15) is 0 Å². The summed E-state index contributed by atoms with van der Waals surface area (Å²) in [4.78, 5) is 17.6. The number of hydrogen-bond donors (Lipinski definition) is 1. The van der Waals surface area contributed by atoms with E-state index >= 15 is 0 Å². The van der Waals surface area contributed by atoms with Crippen LogP contribution in [0.4, 0.5) is 4.79 Å². The van der Waals surface area contributed by atoms with Gasteiger partial charge in [-0.25, -0.2) is 4.79 Å². The molecule has 1 aliphatic rings. The molecule has 1 aliphatic heterocycles. The predicted molar refractivity (Wildman–Crippen MR) is 85.7 cm³/mol. The molecule has 0 bridgehead atoms. The van der Waals surface area contributed by atoms with E-state index in [1.807, 2.05) is 25.1 Å². The van der Waals surface area contributed by atoms with Gasteiger partial charge in [0.05, 0.1) is 18.8 Å². The Balaban J connectivity index is 1.87. The van der Waals surface area contributed by atoms with Gasteiger partial charge in [-0.1, -0.05) is 13.0 Å². The number of hydrogen-bond acceptors (Lipinski definition) is 4. The average Bonchev–Trinajstić information content (AvgIpc) is 3.01. The first-order valence-electron chi connectivity index (χ1n) is 7.46. The normalized spacial score (nSPS) is 20.6. The maximum absolute atomic E-state index is 12.3. The zero-order valence-electron chi connectivity index (χ0n) is 13.0. The van der Waals surface area contributed by atoms with Gasteiger partial charge >= 0.3 is 6.03 Å². The molecule has 6 heteroatoms. The Bertz CT molecular complexity index is 436. The van der Waals surface area contributed by atoms with Gasteiger partial charge in [-0.2, -0.15) is 0 Å². The molecule has 0 aromatic carbocycles. The fourth-order valence-corrected chi connectivity index (χ4v) is 3.39. The van der Waals surface area contributed by atoms with Crippen molar-refractivity contribution in [3.05, 3.63) is 22.4 Å². The number of morpholine rings is 1. The Kier molecular flexibility index (Phi) is 6.02. The van der Waals surface area contributed by atoms with Crippen LogP contribution in [0, 0.1) is 0 Å². The van der Waals surface area contributed by atoms with Crippen molar-refractivity contribution in [1.82, 2.24) is 15.1 Å². The molecule has 2 heterocycles. The van der Waals surface area contributed by atoms with E-state index in [0.29, 0.717) is 26.2 Å². The molecule has 0 unspecified atom stereocenters. The third kappa shape index (κ3) is 4.43. The van der Waals surface area contributed by atoms with Crippen molar-refractivity contribution < 1.29 is 9.53 Å². The van der Waals surface area contributed by atoms with Gasteiger partial charge in [-0.05, 0) is 32.0 Å². The van der Waals surface area contributed by atoms with Crippen molar-refractivity contribution in [2.24, 2.45) is 0 Å². The lowest BCUT2D eigenvalue weighted by Crippen LogP contribution is -2.50. The van der Waals surface area contributed by atoms with Crippen LogP contribution in [0.2, 0.25) is 0 Å². The number of nitrogens with one attached hydrogen (secondary N) is 1. The van der Waals surface area contributed by atoms with Crippen LogP contribution in [0.15, 0.2) is 17.5 Å². The third-order valence-corrected chi connectivity index (χ3v) is 4.80. The molecule has 0 aliphatic carbocycles. The zero-order chi connectivity index (χ0) is 15.2. The Morgan fingerprint density at radius 2 is 2.43 bits per heavy atom. The van der Waals surface area contributed by atoms with E-state index in [-0.39, 0.29) is 18.2 Å². The number of thiophene rings is 1. The summed E-state index contributed by atoms with van der Waals surface area (Å²) in [5, 5.41) is 5.13. The largest absolute Gasteiger partial charge is 0.375 e. The van der Waals surface area contributed by atoms with Crippen molar-refractivity contribution >= 4 is 17.4 Å². The number of urea groups is 1. The van der Waals surface area contributed by atoms with Gasteiger partial charge in [0, 0.05) is 24.5 Å². The average molecular weight is 311 g/mol. The van der Waals surface area contributed by atoms with E-state index < -0.39 is 0 Å². The lowest BCUT2D eigenvalue weighted by Gasteiger charge is -2.33. The highest BCUT2D eigenvalue weighted by molar-refractivity contribution is 7.10. The van der Waals surface area contributed by atoms with Crippen LogP contribution in [-0.2, 0) is 4.74 Å². The first-order valence-corrected chi connectivity index (χ1v) is 8.34. The third-order valence-electron chi connectivity index (χ3n) is 3.82. The van der Waals surface area contributed by atoms with Gasteiger partial charge in [-0.15, -0.1) is 11.3 Å². The van der Waals surface area contributed by atoms with Gasteiger partial charge in [0.2, 0.25) is 0 Å². The van der Waals surface area contributed by atoms with Crippen molar-refractivity contribution in [3.8, 4) is 0 Å². The first kappa shape index (κ1) is 16.3. The fraction of sp³-hybridized carbons (Fsp3) is 0.667. The summed E-state index contributed by atoms with van der Waals surface area (Å²) in [5.41, 5.74) is 0. The molecule has 1 aromatic rings. The monoisotopic (exact) mass is 311 g/mol. The molecule has 2 atom stereocenters. The maximum Gasteiger partial charge on any atom is 0.317 e. The second-order valence-corrected chi connectivity index (χ2v) is 6.51. The van der Waals surface area contributed by atoms with Crippen LogP contribution < -0.4 is 5.32 Å². The molecule has 2 rings (SSSR count). The minimum atomic E-state index is 0.0140. The number of nitrogens with zero attached hydrogens (tertiary/aromatic N) is 2. The van der Waals surface area contributed by atoms with Crippen molar-refractivity contribution in [3.63, 3.8) is 0 Å². The Morgan fingerprint density at radius 1 is 1.62 bits per heavy atom. The van der Waals surface area contributed by atoms with Crippen LogP contribution >= 0.6 is 11.3 Å². The number of rotatable bonds is 5. The molecule has 1 N–H and O–H groups in total. The number of carbonyl (C=O) groups excluding carboxylic acids is 1. The molecule has 2 amide bonds. The standard InChI is InChI=1S/C15H25N3O2S/c1-4-12-11-18(7-8-20-12)15(19)16-10-13(17(2)3)14-6-5-9-21-14/h5-6,9,12-13H,4,7-8,10-11H2,1-3H3,(H,16,19)/t12-,13+/m1/s1. The smallest absolute Gasteiger partial charge is 0.317 e. The highest BCUT2D eigenvalue weighted by atomic mass is 32.1. The maximum atomic E-state index is 12.3. The second-order valence-electron chi connectivity index (χ2n) is 5.53. The molecule has 118 valence electrons. The van der Waals surface area contributed by atoms with Crippen molar-refractivity contribution in [2.75, 3.05) is 40.3 Å². The zero-order valence-corrected chi connectivity index (χ0v) is 13.9. The molecule has 1 fully saturated rings. The Labute approximate surface area is 130 Å². The molecule has 0 spiro atoms. The minimum Gasteiger partial charge on any atom is -0.375 e. The molecule has 0 radical (unpaired) electrons. The SMILES string of the molecule is CC[C@@H]1CN(C(=O)NC[C@@H](c2cccs2)N(C)C)CCO1. The van der Waals surface area contributed by atoms with Crippen LogP contribution in [0.25, 0.3) is 0 Å². The summed E-state index contributed by atoms with van der Waals surface area (Å²) in [5.74, 6) is 0. The number of carbonyl (C=O) groups is 1. The predicted octanol–water partition coefficient (Wildman–Crippen LogP) is 2.17. The molecule has 1 saturated heterocycles. The second kappa shape index (κ2) is 7.77. The van der Waals surface area contributed by atoms with E-state index in [1.54, 1.807) is 11.3 Å². The van der Waals surface area contributed by atoms with Crippen LogP contribution in [-0.4, -0.2) is 62.3 Å². The summed E-state index contributed by atoms with van der Waals surface area (Å²) in [7, 11) is 4.08. The first-order chi connectivity index (χ1) is 10.1. The fourth-order valence-electron chi connectivity index (χ4n) is 2.47. The summed E-state index contributed by atoms with van der Waals surface area (Å²) in [6, 6.07) is 4.40. The van der Waals surface area contributed by atoms with E-state index in [9.17, 15) is 4.79 Å². The molecule has 5 nitrogen and oxygen atoms in total. The molecule has 0 saturated carbocycles. The molecular weight excluding hydrogens is 286 g/mol. The van der Waals surface area contributed by atoms with Gasteiger partial charge < -0.3 is 19.9 Å². The Morgan fingerprint density at radius 3 is 3.05 bits per heavy atom. The Hall–Kier alpha value is -1.11. The van der Waals surface area contributed by atoms with Crippen LogP contribution in [0.1, 0.15) is 24.3 Å². The summed E-state index contributed by atoms with van der Waals surface area (Å²) in [6.45, 7) is 4.71. The van der Waals surface area contributed by atoms with Crippen LogP contribution in [0.3, 0.4) is 0 Å². The minimum absolute atomic E-state index is 0.0140. The van der Waals surface area contributed by atoms with Crippen molar-refractivity contribution in [2.45, 2.75) is 25.5 Å². The lowest BCUT2D eigenvalue weighted by molar-refractivity contribution is -0.0155. The van der Waals surface area contributed by atoms with Crippen LogP contribution in [0.5, 0.6) is 0 Å². The van der Waals surface area contributed by atoms with Gasteiger partial charge in [-0.3, -0.25) is 0 Å². The van der Waals surface area contributed by atoms with E-state index in [0.717, 1.165) is 6.42 Å². The number of amides is 2. The molecular formula is C15H25N3O2S. The number of likely N-dealkylation sites (N-methyl/N-ethyl adjacent to an activating group) is 1. The summed E-state index contributed by atoms with van der Waals surface area (Å²) < 4.78 is 5.60. The number of ether oxygens (including phenoxy) is 1. The molecule has 1 aromatic heterocycles. The van der Waals surface area contributed by atoms with E-state index in [1.165, 1.54) is 4.88 Å². The van der Waals surface area contributed by atoms with E-state index in [4.69, 9.17) is 4.74 Å². The highest BCUT2D eigenvalue weighted by Crippen LogP contribution is 2.22. The molecule has 21 heavy (non-hydrogen) atoms. The quantitative estimate of drug-likeness (QED) is 0.906. The van der Waals surface area contributed by atoms with Gasteiger partial charge in [0.15, 0.2) is 0 Å². The summed E-state index contributed by atoms with van der Waals surface area (Å²) >= 11 is 1.72.